The summed E-state index contributed by atoms with van der Waals surface area (Å²) in [6.07, 6.45) is 0.893. The van der Waals surface area contributed by atoms with E-state index in [1.807, 2.05) is 13.8 Å². The van der Waals surface area contributed by atoms with Crippen molar-refractivity contribution < 1.29 is 13.2 Å². The predicted octanol–water partition coefficient (Wildman–Crippen LogP) is -0.819. The maximum atomic E-state index is 11.7. The minimum atomic E-state index is -3.47. The highest BCUT2D eigenvalue weighted by molar-refractivity contribution is 7.87. The second-order valence-corrected chi connectivity index (χ2v) is 6.79. The Morgan fingerprint density at radius 1 is 1.47 bits per heavy atom. The molecule has 1 saturated carbocycles. The summed E-state index contributed by atoms with van der Waals surface area (Å²) < 4.78 is 34.0. The maximum absolute atomic E-state index is 11.7. The molecule has 0 amide bonds. The Kier molecular flexibility index (Phi) is 3.74. The summed E-state index contributed by atoms with van der Waals surface area (Å²) in [7, 11) is -3.47. The standard InChI is InChI=1S/C10H21N3O3S/c1-6(2)5-12-17(14,15)13-9-8(11)7-3-4-16-10(7)9/h6-10,12-13H,3-5,11H2,1-2H3. The monoisotopic (exact) mass is 263 g/mol. The Morgan fingerprint density at radius 3 is 2.82 bits per heavy atom. The Hall–Kier alpha value is -0.210. The van der Waals surface area contributed by atoms with Crippen molar-refractivity contribution in [3.63, 3.8) is 0 Å². The normalized spacial score (nSPS) is 36.9. The van der Waals surface area contributed by atoms with Crippen molar-refractivity contribution in [2.24, 2.45) is 17.6 Å². The summed E-state index contributed by atoms with van der Waals surface area (Å²) in [6, 6.07) is -0.412. The van der Waals surface area contributed by atoms with Crippen LogP contribution in [0.25, 0.3) is 0 Å². The van der Waals surface area contributed by atoms with Crippen LogP contribution in [0, 0.1) is 11.8 Å². The second kappa shape index (κ2) is 4.81. The van der Waals surface area contributed by atoms with E-state index in [1.165, 1.54) is 0 Å². The van der Waals surface area contributed by atoms with E-state index in [2.05, 4.69) is 9.44 Å². The van der Waals surface area contributed by atoms with Gasteiger partial charge in [0.2, 0.25) is 0 Å². The van der Waals surface area contributed by atoms with E-state index in [0.717, 1.165) is 6.42 Å². The second-order valence-electron chi connectivity index (χ2n) is 5.25. The molecule has 0 radical (unpaired) electrons. The van der Waals surface area contributed by atoms with Gasteiger partial charge in [-0.05, 0) is 12.3 Å². The van der Waals surface area contributed by atoms with Gasteiger partial charge in [-0.25, -0.2) is 4.72 Å². The van der Waals surface area contributed by atoms with E-state index in [-0.39, 0.29) is 24.1 Å². The van der Waals surface area contributed by atoms with Crippen molar-refractivity contribution in [3.8, 4) is 0 Å². The van der Waals surface area contributed by atoms with Gasteiger partial charge in [0.15, 0.2) is 0 Å². The first-order chi connectivity index (χ1) is 7.91. The van der Waals surface area contributed by atoms with Crippen LogP contribution in [0.3, 0.4) is 0 Å². The van der Waals surface area contributed by atoms with Crippen LogP contribution in [-0.2, 0) is 14.9 Å². The molecule has 0 aromatic carbocycles. The van der Waals surface area contributed by atoms with Gasteiger partial charge in [0, 0.05) is 25.1 Å². The molecule has 6 nitrogen and oxygen atoms in total. The van der Waals surface area contributed by atoms with Crippen molar-refractivity contribution in [2.45, 2.75) is 38.5 Å². The fourth-order valence-corrected chi connectivity index (χ4v) is 3.68. The van der Waals surface area contributed by atoms with Crippen LogP contribution in [0.1, 0.15) is 20.3 Å². The minimum absolute atomic E-state index is 0.0411. The molecule has 4 N–H and O–H groups in total. The van der Waals surface area contributed by atoms with Crippen LogP contribution in [0.2, 0.25) is 0 Å². The predicted molar refractivity (Wildman–Crippen MR) is 64.5 cm³/mol. The van der Waals surface area contributed by atoms with Gasteiger partial charge in [0.25, 0.3) is 10.2 Å². The van der Waals surface area contributed by atoms with E-state index < -0.39 is 10.2 Å². The number of hydrogen-bond donors (Lipinski definition) is 3. The molecule has 0 bridgehead atoms. The van der Waals surface area contributed by atoms with Crippen molar-refractivity contribution in [1.82, 2.24) is 9.44 Å². The molecule has 0 aromatic heterocycles. The van der Waals surface area contributed by atoms with Crippen LogP contribution in [0.4, 0.5) is 0 Å². The first kappa shape index (κ1) is 13.2. The van der Waals surface area contributed by atoms with Crippen LogP contribution >= 0.6 is 0 Å². The number of hydrogen-bond acceptors (Lipinski definition) is 4. The molecule has 0 aromatic rings. The van der Waals surface area contributed by atoms with Crippen LogP contribution in [0.15, 0.2) is 0 Å². The van der Waals surface area contributed by atoms with Gasteiger partial charge in [0.05, 0.1) is 12.1 Å². The highest BCUT2D eigenvalue weighted by Gasteiger charge is 2.53. The topological polar surface area (TPSA) is 93.5 Å². The van der Waals surface area contributed by atoms with Gasteiger partial charge < -0.3 is 10.5 Å². The van der Waals surface area contributed by atoms with Crippen LogP contribution in [-0.4, -0.2) is 39.8 Å². The molecule has 7 heteroatoms. The lowest BCUT2D eigenvalue weighted by Crippen LogP contribution is -2.69. The summed E-state index contributed by atoms with van der Waals surface area (Å²) in [5, 5.41) is 0. The summed E-state index contributed by atoms with van der Waals surface area (Å²) in [5.74, 6) is 0.588. The summed E-state index contributed by atoms with van der Waals surface area (Å²) in [4.78, 5) is 0. The highest BCUT2D eigenvalue weighted by atomic mass is 32.2. The third kappa shape index (κ3) is 2.79. The Morgan fingerprint density at radius 2 is 2.18 bits per heavy atom. The third-order valence-electron chi connectivity index (χ3n) is 3.42. The lowest BCUT2D eigenvalue weighted by Gasteiger charge is -2.45. The SMILES string of the molecule is CC(C)CNS(=O)(=O)NC1C(N)C2CCOC21. The molecule has 2 rings (SSSR count). The smallest absolute Gasteiger partial charge is 0.277 e. The molecule has 1 heterocycles. The quantitative estimate of drug-likeness (QED) is 0.604. The molecule has 0 spiro atoms. The molecule has 2 fully saturated rings. The number of fused-ring (bicyclic) bond motifs is 1. The third-order valence-corrected chi connectivity index (χ3v) is 4.55. The molecule has 17 heavy (non-hydrogen) atoms. The fraction of sp³-hybridized carbons (Fsp3) is 1.00. The maximum Gasteiger partial charge on any atom is 0.277 e. The Labute approximate surface area is 102 Å². The van der Waals surface area contributed by atoms with Crippen molar-refractivity contribution in [3.05, 3.63) is 0 Å². The molecule has 1 aliphatic carbocycles. The van der Waals surface area contributed by atoms with Crippen molar-refractivity contribution in [2.75, 3.05) is 13.2 Å². The van der Waals surface area contributed by atoms with Gasteiger partial charge in [0.1, 0.15) is 0 Å². The van der Waals surface area contributed by atoms with Gasteiger partial charge in [-0.2, -0.15) is 13.1 Å². The van der Waals surface area contributed by atoms with Crippen molar-refractivity contribution in [1.29, 1.82) is 0 Å². The van der Waals surface area contributed by atoms with Gasteiger partial charge in [-0.15, -0.1) is 0 Å². The molecule has 100 valence electrons. The summed E-state index contributed by atoms with van der Waals surface area (Å²) in [6.45, 7) is 5.01. The lowest BCUT2D eigenvalue weighted by molar-refractivity contribution is -0.00936. The number of rotatable bonds is 5. The lowest BCUT2D eigenvalue weighted by atomic mass is 9.73. The Bertz CT molecular complexity index is 371. The van der Waals surface area contributed by atoms with Gasteiger partial charge in [-0.1, -0.05) is 13.8 Å². The van der Waals surface area contributed by atoms with E-state index in [4.69, 9.17) is 10.5 Å². The van der Waals surface area contributed by atoms with E-state index in [0.29, 0.717) is 19.1 Å². The summed E-state index contributed by atoms with van der Waals surface area (Å²) in [5.41, 5.74) is 5.94. The van der Waals surface area contributed by atoms with Gasteiger partial charge >= 0.3 is 0 Å². The minimum Gasteiger partial charge on any atom is -0.376 e. The summed E-state index contributed by atoms with van der Waals surface area (Å²) >= 11 is 0. The van der Waals surface area contributed by atoms with Crippen molar-refractivity contribution >= 4 is 10.2 Å². The zero-order valence-electron chi connectivity index (χ0n) is 10.2. The molecule has 1 saturated heterocycles. The number of ether oxygens (including phenoxy) is 1. The molecule has 1 aliphatic heterocycles. The average molecular weight is 263 g/mol. The average Bonchev–Trinajstić information content (AvgIpc) is 2.68. The zero-order valence-corrected chi connectivity index (χ0v) is 11.0. The molecule has 4 atom stereocenters. The highest BCUT2D eigenvalue weighted by Crippen LogP contribution is 2.37. The molecular formula is C10H21N3O3S. The van der Waals surface area contributed by atoms with E-state index in [1.54, 1.807) is 0 Å². The fourth-order valence-electron chi connectivity index (χ4n) is 2.39. The largest absolute Gasteiger partial charge is 0.376 e. The zero-order chi connectivity index (χ0) is 12.6. The van der Waals surface area contributed by atoms with Crippen LogP contribution < -0.4 is 15.2 Å². The van der Waals surface area contributed by atoms with Crippen LogP contribution in [0.5, 0.6) is 0 Å². The Balaban J connectivity index is 1.88. The van der Waals surface area contributed by atoms with E-state index >= 15 is 0 Å². The van der Waals surface area contributed by atoms with Gasteiger partial charge in [-0.3, -0.25) is 0 Å². The molecule has 2 aliphatic rings. The first-order valence-electron chi connectivity index (χ1n) is 6.05. The number of nitrogens with one attached hydrogen (secondary N) is 2. The molecular weight excluding hydrogens is 242 g/mol. The molecule has 4 unspecified atom stereocenters. The van der Waals surface area contributed by atoms with E-state index in [9.17, 15) is 8.42 Å². The first-order valence-corrected chi connectivity index (χ1v) is 7.53. The number of nitrogens with two attached hydrogens (primary N) is 1.